The molecule has 3 rings (SSSR count). The van der Waals surface area contributed by atoms with E-state index in [1.54, 1.807) is 6.33 Å². The lowest BCUT2D eigenvalue weighted by atomic mass is 10.2. The SMILES string of the molecule is CCn1ncnc1Cn1ccc2cc(C#N)ccc21. The molecule has 0 atom stereocenters. The Morgan fingerprint density at radius 2 is 2.21 bits per heavy atom. The van der Waals surface area contributed by atoms with Crippen LogP contribution in [0.25, 0.3) is 10.9 Å². The van der Waals surface area contributed by atoms with Gasteiger partial charge >= 0.3 is 0 Å². The van der Waals surface area contributed by atoms with Crippen LogP contribution in [-0.4, -0.2) is 19.3 Å². The van der Waals surface area contributed by atoms with Crippen molar-refractivity contribution in [2.45, 2.75) is 20.0 Å². The molecule has 0 bridgehead atoms. The van der Waals surface area contributed by atoms with E-state index in [9.17, 15) is 0 Å². The fourth-order valence-corrected chi connectivity index (χ4v) is 2.23. The average molecular weight is 251 g/mol. The van der Waals surface area contributed by atoms with Crippen molar-refractivity contribution < 1.29 is 0 Å². The van der Waals surface area contributed by atoms with Gasteiger partial charge in [-0.15, -0.1) is 0 Å². The minimum Gasteiger partial charge on any atom is -0.340 e. The summed E-state index contributed by atoms with van der Waals surface area (Å²) in [5, 5.41) is 14.1. The van der Waals surface area contributed by atoms with E-state index < -0.39 is 0 Å². The predicted octanol–water partition coefficient (Wildman–Crippen LogP) is 2.17. The first-order valence-electron chi connectivity index (χ1n) is 6.17. The molecule has 94 valence electrons. The van der Waals surface area contributed by atoms with Crippen LogP contribution >= 0.6 is 0 Å². The van der Waals surface area contributed by atoms with Crippen LogP contribution in [0.5, 0.6) is 0 Å². The van der Waals surface area contributed by atoms with E-state index in [1.807, 2.05) is 42.1 Å². The molecule has 0 fully saturated rings. The van der Waals surface area contributed by atoms with Crippen molar-refractivity contribution in [3.63, 3.8) is 0 Å². The zero-order chi connectivity index (χ0) is 13.2. The second-order valence-electron chi connectivity index (χ2n) is 4.32. The first-order valence-corrected chi connectivity index (χ1v) is 6.17. The van der Waals surface area contributed by atoms with Crippen molar-refractivity contribution >= 4 is 10.9 Å². The Morgan fingerprint density at radius 3 is 3.00 bits per heavy atom. The Bertz CT molecular complexity index is 760. The fourth-order valence-electron chi connectivity index (χ4n) is 2.23. The minimum atomic E-state index is 0.682. The van der Waals surface area contributed by atoms with E-state index in [1.165, 1.54) is 0 Å². The van der Waals surface area contributed by atoms with Crippen molar-refractivity contribution in [1.82, 2.24) is 19.3 Å². The molecule has 19 heavy (non-hydrogen) atoms. The monoisotopic (exact) mass is 251 g/mol. The Morgan fingerprint density at radius 1 is 1.32 bits per heavy atom. The Labute approximate surface area is 110 Å². The van der Waals surface area contributed by atoms with Gasteiger partial charge in [0.05, 0.1) is 18.2 Å². The number of aryl methyl sites for hydroxylation is 1. The molecular formula is C14H13N5. The number of nitrogens with zero attached hydrogens (tertiary/aromatic N) is 5. The number of hydrogen-bond acceptors (Lipinski definition) is 3. The zero-order valence-corrected chi connectivity index (χ0v) is 10.6. The summed E-state index contributed by atoms with van der Waals surface area (Å²) < 4.78 is 4.00. The third kappa shape index (κ3) is 1.97. The molecule has 0 aliphatic carbocycles. The molecule has 5 nitrogen and oxygen atoms in total. The second kappa shape index (κ2) is 4.58. The van der Waals surface area contributed by atoms with Gasteiger partial charge in [0.15, 0.2) is 0 Å². The molecule has 0 spiro atoms. The molecule has 0 aliphatic rings. The Hall–Kier alpha value is -2.61. The molecule has 0 amide bonds. The van der Waals surface area contributed by atoms with Crippen molar-refractivity contribution in [1.29, 1.82) is 5.26 Å². The van der Waals surface area contributed by atoms with Gasteiger partial charge in [0.25, 0.3) is 0 Å². The molecule has 2 heterocycles. The number of benzene rings is 1. The van der Waals surface area contributed by atoms with Crippen LogP contribution in [0.4, 0.5) is 0 Å². The van der Waals surface area contributed by atoms with Crippen molar-refractivity contribution in [2.24, 2.45) is 0 Å². The molecule has 1 aromatic carbocycles. The summed E-state index contributed by atoms with van der Waals surface area (Å²) in [5.74, 6) is 0.935. The summed E-state index contributed by atoms with van der Waals surface area (Å²) in [4.78, 5) is 4.28. The van der Waals surface area contributed by atoms with E-state index in [-0.39, 0.29) is 0 Å². The Kier molecular flexibility index (Phi) is 2.76. The third-order valence-corrected chi connectivity index (χ3v) is 3.21. The van der Waals surface area contributed by atoms with Crippen LogP contribution in [-0.2, 0) is 13.1 Å². The Balaban J connectivity index is 2.00. The summed E-state index contributed by atoms with van der Waals surface area (Å²) in [6, 6.07) is 9.88. The van der Waals surface area contributed by atoms with Crippen LogP contribution < -0.4 is 0 Å². The van der Waals surface area contributed by atoms with Gasteiger partial charge in [0.2, 0.25) is 0 Å². The van der Waals surface area contributed by atoms with Crippen molar-refractivity contribution in [3.05, 3.63) is 48.2 Å². The first-order chi connectivity index (χ1) is 9.31. The summed E-state index contributed by atoms with van der Waals surface area (Å²) in [5.41, 5.74) is 1.78. The van der Waals surface area contributed by atoms with E-state index in [0.717, 1.165) is 23.3 Å². The highest BCUT2D eigenvalue weighted by Gasteiger charge is 2.07. The van der Waals surface area contributed by atoms with E-state index in [2.05, 4.69) is 20.7 Å². The standard InChI is InChI=1S/C14H13N5/c1-2-19-14(16-10-17-19)9-18-6-5-12-7-11(8-15)3-4-13(12)18/h3-7,10H,2,9H2,1H3. The maximum Gasteiger partial charge on any atom is 0.146 e. The number of nitriles is 1. The highest BCUT2D eigenvalue weighted by Crippen LogP contribution is 2.18. The van der Waals surface area contributed by atoms with E-state index in [4.69, 9.17) is 5.26 Å². The molecular weight excluding hydrogens is 238 g/mol. The van der Waals surface area contributed by atoms with Crippen LogP contribution in [0, 0.1) is 11.3 Å². The van der Waals surface area contributed by atoms with E-state index >= 15 is 0 Å². The lowest BCUT2D eigenvalue weighted by Crippen LogP contribution is -2.08. The largest absolute Gasteiger partial charge is 0.340 e. The predicted molar refractivity (Wildman–Crippen MR) is 71.5 cm³/mol. The third-order valence-electron chi connectivity index (χ3n) is 3.21. The van der Waals surface area contributed by atoms with Crippen molar-refractivity contribution in [3.8, 4) is 6.07 Å². The van der Waals surface area contributed by atoms with Gasteiger partial charge in [-0.05, 0) is 31.2 Å². The first kappa shape index (κ1) is 11.5. The normalized spacial score (nSPS) is 10.7. The number of rotatable bonds is 3. The van der Waals surface area contributed by atoms with E-state index in [0.29, 0.717) is 12.1 Å². The number of aromatic nitrogens is 4. The maximum absolute atomic E-state index is 8.90. The lowest BCUT2D eigenvalue weighted by molar-refractivity contribution is 0.597. The van der Waals surface area contributed by atoms with Crippen LogP contribution in [0.15, 0.2) is 36.8 Å². The molecule has 0 saturated carbocycles. The summed E-state index contributed by atoms with van der Waals surface area (Å²) in [6.07, 6.45) is 3.60. The summed E-state index contributed by atoms with van der Waals surface area (Å²) >= 11 is 0. The average Bonchev–Trinajstić information content (AvgIpc) is 3.05. The van der Waals surface area contributed by atoms with Gasteiger partial charge in [-0.3, -0.25) is 0 Å². The lowest BCUT2D eigenvalue weighted by Gasteiger charge is -2.06. The molecule has 0 saturated heterocycles. The van der Waals surface area contributed by atoms with Gasteiger partial charge in [-0.25, -0.2) is 9.67 Å². The van der Waals surface area contributed by atoms with Gasteiger partial charge in [0.1, 0.15) is 12.2 Å². The summed E-state index contributed by atoms with van der Waals surface area (Å²) in [6.45, 7) is 3.54. The molecule has 2 aromatic heterocycles. The van der Waals surface area contributed by atoms with Gasteiger partial charge in [-0.1, -0.05) is 0 Å². The van der Waals surface area contributed by atoms with Crippen LogP contribution in [0.3, 0.4) is 0 Å². The quantitative estimate of drug-likeness (QED) is 0.716. The van der Waals surface area contributed by atoms with Gasteiger partial charge in [-0.2, -0.15) is 10.4 Å². The van der Waals surface area contributed by atoms with Crippen molar-refractivity contribution in [2.75, 3.05) is 0 Å². The molecule has 0 unspecified atom stereocenters. The fraction of sp³-hybridized carbons (Fsp3) is 0.214. The highest BCUT2D eigenvalue weighted by molar-refractivity contribution is 5.81. The molecule has 0 N–H and O–H groups in total. The second-order valence-corrected chi connectivity index (χ2v) is 4.32. The summed E-state index contributed by atoms with van der Waals surface area (Å²) in [7, 11) is 0. The number of fused-ring (bicyclic) bond motifs is 1. The van der Waals surface area contributed by atoms with Crippen LogP contribution in [0.1, 0.15) is 18.3 Å². The molecule has 3 aromatic rings. The smallest absolute Gasteiger partial charge is 0.146 e. The van der Waals surface area contributed by atoms with Gasteiger partial charge in [0, 0.05) is 23.6 Å². The molecule has 0 aliphatic heterocycles. The molecule has 5 heteroatoms. The van der Waals surface area contributed by atoms with Crippen LogP contribution in [0.2, 0.25) is 0 Å². The number of hydrogen-bond donors (Lipinski definition) is 0. The zero-order valence-electron chi connectivity index (χ0n) is 10.6. The topological polar surface area (TPSA) is 59.4 Å². The minimum absolute atomic E-state index is 0.682. The highest BCUT2D eigenvalue weighted by atomic mass is 15.3. The molecule has 0 radical (unpaired) electrons. The maximum atomic E-state index is 8.90. The van der Waals surface area contributed by atoms with Gasteiger partial charge < -0.3 is 4.57 Å².